The lowest BCUT2D eigenvalue weighted by Crippen LogP contribution is -2.19. The van der Waals surface area contributed by atoms with Crippen LogP contribution in [0.5, 0.6) is 0 Å². The molecule has 0 aliphatic carbocycles. The second-order valence-corrected chi connectivity index (χ2v) is 4.90. The van der Waals surface area contributed by atoms with Gasteiger partial charge in [0.1, 0.15) is 5.01 Å². The third-order valence-corrected chi connectivity index (χ3v) is 2.76. The number of aryl methyl sites for hydroxylation is 1. The first kappa shape index (κ1) is 10.6. The largest absolute Gasteiger partial charge is 0.300 e. The van der Waals surface area contributed by atoms with E-state index in [4.69, 9.17) is 0 Å². The van der Waals surface area contributed by atoms with Gasteiger partial charge in [-0.05, 0) is 13.3 Å². The van der Waals surface area contributed by atoms with E-state index in [0.717, 1.165) is 11.4 Å². The second-order valence-electron chi connectivity index (χ2n) is 2.46. The summed E-state index contributed by atoms with van der Waals surface area (Å²) in [4.78, 5) is 11.0. The van der Waals surface area contributed by atoms with E-state index in [1.807, 2.05) is 6.92 Å². The summed E-state index contributed by atoms with van der Waals surface area (Å²) in [5.74, 6) is -0.0983. The fourth-order valence-electron chi connectivity index (χ4n) is 0.652. The highest BCUT2D eigenvalue weighted by Crippen LogP contribution is 2.16. The maximum Gasteiger partial charge on any atom is 0.239 e. The molecule has 1 rings (SSSR count). The van der Waals surface area contributed by atoms with Crippen LogP contribution in [-0.2, 0) is 11.2 Å². The predicted molar refractivity (Wildman–Crippen MR) is 56.3 cm³/mol. The summed E-state index contributed by atoms with van der Waals surface area (Å²) in [6, 6.07) is 0. The van der Waals surface area contributed by atoms with Crippen LogP contribution in [0.2, 0.25) is 0 Å². The van der Waals surface area contributed by atoms with Crippen LogP contribution < -0.4 is 5.32 Å². The van der Waals surface area contributed by atoms with Crippen molar-refractivity contribution in [3.05, 3.63) is 5.01 Å². The van der Waals surface area contributed by atoms with Crippen LogP contribution in [0.25, 0.3) is 0 Å². The normalized spacial score (nSPS) is 12.5. The Morgan fingerprint density at radius 1 is 1.69 bits per heavy atom. The highest BCUT2D eigenvalue weighted by atomic mass is 79.9. The molecular weight excluding hydrogens is 254 g/mol. The average molecular weight is 264 g/mol. The Morgan fingerprint density at radius 3 is 2.85 bits per heavy atom. The van der Waals surface area contributed by atoms with Crippen molar-refractivity contribution in [1.82, 2.24) is 10.2 Å². The number of amides is 1. The van der Waals surface area contributed by atoms with Crippen molar-refractivity contribution in [3.8, 4) is 0 Å². The Balaban J connectivity index is 2.59. The number of hydrogen-bond acceptors (Lipinski definition) is 4. The van der Waals surface area contributed by atoms with E-state index >= 15 is 0 Å². The Labute approximate surface area is 88.9 Å². The summed E-state index contributed by atoms with van der Waals surface area (Å²) in [6.45, 7) is 3.76. The second kappa shape index (κ2) is 4.66. The van der Waals surface area contributed by atoms with Gasteiger partial charge in [0, 0.05) is 0 Å². The maximum absolute atomic E-state index is 11.2. The van der Waals surface area contributed by atoms with Crippen LogP contribution in [0.1, 0.15) is 18.9 Å². The number of nitrogens with one attached hydrogen (secondary N) is 1. The summed E-state index contributed by atoms with van der Waals surface area (Å²) >= 11 is 4.57. The number of alkyl halides is 1. The third kappa shape index (κ3) is 3.04. The molecule has 1 atom stereocenters. The summed E-state index contributed by atoms with van der Waals surface area (Å²) < 4.78 is 0. The summed E-state index contributed by atoms with van der Waals surface area (Å²) in [6.07, 6.45) is 0.845. The average Bonchev–Trinajstić information content (AvgIpc) is 2.52. The van der Waals surface area contributed by atoms with Crippen molar-refractivity contribution in [2.24, 2.45) is 0 Å². The first-order valence-electron chi connectivity index (χ1n) is 3.90. The van der Waals surface area contributed by atoms with Gasteiger partial charge < -0.3 is 0 Å². The molecule has 4 nitrogen and oxygen atoms in total. The van der Waals surface area contributed by atoms with E-state index < -0.39 is 0 Å². The fraction of sp³-hybridized carbons (Fsp3) is 0.571. The van der Waals surface area contributed by atoms with Gasteiger partial charge in [-0.1, -0.05) is 34.2 Å². The highest BCUT2D eigenvalue weighted by Gasteiger charge is 2.11. The Kier molecular flexibility index (Phi) is 3.80. The summed E-state index contributed by atoms with van der Waals surface area (Å²) in [7, 11) is 0. The number of halogens is 1. The van der Waals surface area contributed by atoms with Crippen LogP contribution in [0.3, 0.4) is 0 Å². The number of carbonyl (C=O) groups excluding carboxylic acids is 1. The van der Waals surface area contributed by atoms with Gasteiger partial charge in [0.15, 0.2) is 0 Å². The number of aromatic nitrogens is 2. The molecule has 1 N–H and O–H groups in total. The van der Waals surface area contributed by atoms with E-state index in [1.165, 1.54) is 11.3 Å². The quantitative estimate of drug-likeness (QED) is 0.847. The Morgan fingerprint density at radius 2 is 2.38 bits per heavy atom. The van der Waals surface area contributed by atoms with Gasteiger partial charge >= 0.3 is 0 Å². The van der Waals surface area contributed by atoms with Gasteiger partial charge in [-0.3, -0.25) is 10.1 Å². The molecule has 1 aromatic heterocycles. The van der Waals surface area contributed by atoms with E-state index in [0.29, 0.717) is 5.13 Å². The zero-order chi connectivity index (χ0) is 9.84. The lowest BCUT2D eigenvalue weighted by atomic mass is 10.5. The van der Waals surface area contributed by atoms with Crippen LogP contribution in [0.15, 0.2) is 0 Å². The topological polar surface area (TPSA) is 54.9 Å². The molecule has 1 heterocycles. The monoisotopic (exact) mass is 263 g/mol. The molecule has 0 bridgehead atoms. The molecule has 1 aromatic rings. The van der Waals surface area contributed by atoms with Crippen LogP contribution >= 0.6 is 27.3 Å². The predicted octanol–water partition coefficient (Wildman–Crippen LogP) is 1.82. The van der Waals surface area contributed by atoms with Crippen molar-refractivity contribution in [2.75, 3.05) is 5.32 Å². The van der Waals surface area contributed by atoms with Gasteiger partial charge in [-0.25, -0.2) is 0 Å². The summed E-state index contributed by atoms with van der Waals surface area (Å²) in [5, 5.41) is 11.9. The first-order valence-corrected chi connectivity index (χ1v) is 5.64. The molecule has 0 saturated heterocycles. The number of hydrogen-bond donors (Lipinski definition) is 1. The molecule has 1 amide bonds. The number of nitrogens with zero attached hydrogens (tertiary/aromatic N) is 2. The minimum atomic E-state index is -0.207. The molecule has 0 aromatic carbocycles. The maximum atomic E-state index is 11.2. The van der Waals surface area contributed by atoms with Crippen molar-refractivity contribution >= 4 is 38.3 Å². The van der Waals surface area contributed by atoms with Gasteiger partial charge in [0.25, 0.3) is 0 Å². The SMILES string of the molecule is CCc1nnc(NC(=O)C(C)Br)s1. The smallest absolute Gasteiger partial charge is 0.239 e. The Hall–Kier alpha value is -0.490. The van der Waals surface area contributed by atoms with Crippen LogP contribution in [0.4, 0.5) is 5.13 Å². The molecule has 0 spiro atoms. The van der Waals surface area contributed by atoms with Gasteiger partial charge in [-0.2, -0.15) is 0 Å². The molecule has 0 aliphatic heterocycles. The fourth-order valence-corrected chi connectivity index (χ4v) is 1.45. The van der Waals surface area contributed by atoms with E-state index in [1.54, 1.807) is 6.92 Å². The van der Waals surface area contributed by atoms with E-state index in [9.17, 15) is 4.79 Å². The van der Waals surface area contributed by atoms with Crippen LogP contribution in [-0.4, -0.2) is 20.9 Å². The molecule has 0 fully saturated rings. The number of anilines is 1. The summed E-state index contributed by atoms with van der Waals surface area (Å²) in [5.41, 5.74) is 0. The van der Waals surface area contributed by atoms with Gasteiger partial charge in [0.2, 0.25) is 11.0 Å². The van der Waals surface area contributed by atoms with Crippen molar-refractivity contribution in [2.45, 2.75) is 25.1 Å². The third-order valence-electron chi connectivity index (χ3n) is 1.36. The lowest BCUT2D eigenvalue weighted by molar-refractivity contribution is -0.115. The molecule has 0 saturated carbocycles. The lowest BCUT2D eigenvalue weighted by Gasteiger charge is -2.00. The zero-order valence-electron chi connectivity index (χ0n) is 7.37. The molecule has 0 radical (unpaired) electrons. The molecule has 0 aliphatic rings. The van der Waals surface area contributed by atoms with E-state index in [-0.39, 0.29) is 10.7 Å². The number of rotatable bonds is 3. The minimum absolute atomic E-state index is 0.0983. The Bertz CT molecular complexity index is 300. The molecule has 1 unspecified atom stereocenters. The van der Waals surface area contributed by atoms with Crippen molar-refractivity contribution < 1.29 is 4.79 Å². The van der Waals surface area contributed by atoms with Crippen LogP contribution in [0, 0.1) is 0 Å². The molecular formula is C7H10BrN3OS. The number of carbonyl (C=O) groups is 1. The van der Waals surface area contributed by atoms with Gasteiger partial charge in [0.05, 0.1) is 4.83 Å². The molecule has 13 heavy (non-hydrogen) atoms. The van der Waals surface area contributed by atoms with Crippen molar-refractivity contribution in [3.63, 3.8) is 0 Å². The standard InChI is InChI=1S/C7H10BrN3OS/c1-3-5-10-11-7(13-5)9-6(12)4(2)8/h4H,3H2,1-2H3,(H,9,11,12). The first-order chi connectivity index (χ1) is 6.13. The molecule has 72 valence electrons. The minimum Gasteiger partial charge on any atom is -0.300 e. The van der Waals surface area contributed by atoms with Crippen molar-refractivity contribution in [1.29, 1.82) is 0 Å². The van der Waals surface area contributed by atoms with Gasteiger partial charge in [-0.15, -0.1) is 10.2 Å². The highest BCUT2D eigenvalue weighted by molar-refractivity contribution is 9.10. The zero-order valence-corrected chi connectivity index (χ0v) is 9.78. The molecule has 6 heteroatoms. The van der Waals surface area contributed by atoms with E-state index in [2.05, 4.69) is 31.4 Å².